The summed E-state index contributed by atoms with van der Waals surface area (Å²) in [5.74, 6) is 0. The number of rotatable bonds is 4. The molecule has 1 aromatic heterocycles. The Kier molecular flexibility index (Phi) is 4.17. The summed E-state index contributed by atoms with van der Waals surface area (Å²) >= 11 is 13.7. The van der Waals surface area contributed by atoms with Crippen LogP contribution in [0, 0.1) is 10.1 Å². The largest absolute Gasteiger partial charge is 0.371 e. The quantitative estimate of drug-likeness (QED) is 0.650. The van der Waals surface area contributed by atoms with Gasteiger partial charge in [-0.15, -0.1) is 11.3 Å². The number of hydrogen-bond acceptors (Lipinski definition) is 5. The highest BCUT2D eigenvalue weighted by Gasteiger charge is 2.26. The summed E-state index contributed by atoms with van der Waals surface area (Å²) in [5.41, 5.74) is -0.172. The van der Waals surface area contributed by atoms with Gasteiger partial charge < -0.3 is 5.32 Å². The van der Waals surface area contributed by atoms with Gasteiger partial charge >= 0.3 is 0 Å². The molecule has 0 radical (unpaired) electrons. The predicted molar refractivity (Wildman–Crippen MR) is 81.9 cm³/mol. The molecule has 0 bridgehead atoms. The van der Waals surface area contributed by atoms with E-state index in [-0.39, 0.29) is 15.7 Å². The molecule has 0 spiro atoms. The van der Waals surface area contributed by atoms with Crippen LogP contribution in [-0.2, 0) is 5.54 Å². The average Bonchev–Trinajstić information content (AvgIpc) is 2.88. The van der Waals surface area contributed by atoms with Crippen LogP contribution in [0.15, 0.2) is 23.7 Å². The van der Waals surface area contributed by atoms with Crippen LogP contribution in [-0.4, -0.2) is 9.91 Å². The molecule has 0 saturated heterocycles. The summed E-state index contributed by atoms with van der Waals surface area (Å²) in [6.45, 7) is 3.86. The molecule has 106 valence electrons. The van der Waals surface area contributed by atoms with E-state index in [0.717, 1.165) is 5.01 Å². The van der Waals surface area contributed by atoms with Gasteiger partial charge in [0, 0.05) is 23.7 Å². The highest BCUT2D eigenvalue weighted by Crippen LogP contribution is 2.38. The Hall–Kier alpha value is -1.37. The van der Waals surface area contributed by atoms with Crippen molar-refractivity contribution < 1.29 is 4.92 Å². The van der Waals surface area contributed by atoms with Crippen LogP contribution >= 0.6 is 34.5 Å². The van der Waals surface area contributed by atoms with Crippen molar-refractivity contribution in [2.75, 3.05) is 5.32 Å². The second kappa shape index (κ2) is 5.55. The van der Waals surface area contributed by atoms with Crippen LogP contribution in [0.25, 0.3) is 0 Å². The van der Waals surface area contributed by atoms with Crippen LogP contribution in [0.4, 0.5) is 11.4 Å². The SMILES string of the molecule is CC(C)(Nc1c(Cl)cc([N+](=O)[O-])cc1Cl)c1nccs1. The number of nitro groups is 1. The number of benzene rings is 1. The molecule has 2 aromatic rings. The lowest BCUT2D eigenvalue weighted by Crippen LogP contribution is -2.28. The molecule has 0 fully saturated rings. The van der Waals surface area contributed by atoms with E-state index in [0.29, 0.717) is 5.69 Å². The van der Waals surface area contributed by atoms with Gasteiger partial charge in [-0.2, -0.15) is 0 Å². The van der Waals surface area contributed by atoms with Gasteiger partial charge in [0.15, 0.2) is 0 Å². The maximum Gasteiger partial charge on any atom is 0.272 e. The lowest BCUT2D eigenvalue weighted by molar-refractivity contribution is -0.384. The molecule has 0 aliphatic heterocycles. The van der Waals surface area contributed by atoms with Gasteiger partial charge in [0.1, 0.15) is 5.01 Å². The molecule has 1 aromatic carbocycles. The lowest BCUT2D eigenvalue weighted by atomic mass is 10.1. The molecule has 1 N–H and O–H groups in total. The van der Waals surface area contributed by atoms with Gasteiger partial charge in [0.25, 0.3) is 5.69 Å². The summed E-state index contributed by atoms with van der Waals surface area (Å²) in [6.07, 6.45) is 1.71. The van der Waals surface area contributed by atoms with Gasteiger partial charge in [-0.1, -0.05) is 23.2 Å². The van der Waals surface area contributed by atoms with Crippen LogP contribution in [0.1, 0.15) is 18.9 Å². The standard InChI is InChI=1S/C12H11Cl2N3O2S/c1-12(2,11-15-3-4-20-11)16-10-8(13)5-7(17(18)19)6-9(10)14/h3-6,16H,1-2H3. The van der Waals surface area contributed by atoms with E-state index in [1.165, 1.54) is 23.5 Å². The molecule has 20 heavy (non-hydrogen) atoms. The molecule has 0 saturated carbocycles. The molecule has 1 heterocycles. The van der Waals surface area contributed by atoms with Crippen molar-refractivity contribution in [2.24, 2.45) is 0 Å². The van der Waals surface area contributed by atoms with E-state index in [2.05, 4.69) is 10.3 Å². The predicted octanol–water partition coefficient (Wildman–Crippen LogP) is 4.71. The van der Waals surface area contributed by atoms with E-state index in [9.17, 15) is 10.1 Å². The molecule has 0 unspecified atom stereocenters. The highest BCUT2D eigenvalue weighted by atomic mass is 35.5. The molecular weight excluding hydrogens is 321 g/mol. The third kappa shape index (κ3) is 3.03. The monoisotopic (exact) mass is 331 g/mol. The van der Waals surface area contributed by atoms with Gasteiger partial charge in [0.05, 0.1) is 26.2 Å². The van der Waals surface area contributed by atoms with E-state index < -0.39 is 10.5 Å². The van der Waals surface area contributed by atoms with Crippen molar-refractivity contribution in [3.8, 4) is 0 Å². The van der Waals surface area contributed by atoms with Crippen molar-refractivity contribution in [3.05, 3.63) is 48.9 Å². The zero-order chi connectivity index (χ0) is 14.9. The fourth-order valence-electron chi connectivity index (χ4n) is 1.68. The van der Waals surface area contributed by atoms with Gasteiger partial charge in [-0.05, 0) is 13.8 Å². The maximum absolute atomic E-state index is 10.7. The number of aromatic nitrogens is 1. The second-order valence-electron chi connectivity index (χ2n) is 4.63. The summed E-state index contributed by atoms with van der Waals surface area (Å²) < 4.78 is 0. The van der Waals surface area contributed by atoms with E-state index in [1.807, 2.05) is 19.2 Å². The van der Waals surface area contributed by atoms with Crippen LogP contribution in [0.2, 0.25) is 10.0 Å². The minimum atomic E-state index is -0.534. The number of halogens is 2. The van der Waals surface area contributed by atoms with Crippen molar-refractivity contribution in [1.29, 1.82) is 0 Å². The van der Waals surface area contributed by atoms with E-state index >= 15 is 0 Å². The maximum atomic E-state index is 10.7. The number of nitrogens with one attached hydrogen (secondary N) is 1. The Morgan fingerprint density at radius 1 is 1.35 bits per heavy atom. The molecule has 0 amide bonds. The number of hydrogen-bond donors (Lipinski definition) is 1. The first-order valence-electron chi connectivity index (χ1n) is 5.63. The molecule has 8 heteroatoms. The first-order valence-corrected chi connectivity index (χ1v) is 7.26. The number of nitrogens with zero attached hydrogens (tertiary/aromatic N) is 2. The molecule has 2 rings (SSSR count). The van der Waals surface area contributed by atoms with E-state index in [4.69, 9.17) is 23.2 Å². The van der Waals surface area contributed by atoms with Crippen LogP contribution < -0.4 is 5.32 Å². The van der Waals surface area contributed by atoms with Crippen molar-refractivity contribution >= 4 is 45.9 Å². The Bertz CT molecular complexity index is 621. The molecule has 0 aliphatic carbocycles. The van der Waals surface area contributed by atoms with Crippen LogP contribution in [0.3, 0.4) is 0 Å². The van der Waals surface area contributed by atoms with Gasteiger partial charge in [0.2, 0.25) is 0 Å². The summed E-state index contributed by atoms with van der Waals surface area (Å²) in [5, 5.41) is 17.1. The summed E-state index contributed by atoms with van der Waals surface area (Å²) in [6, 6.07) is 2.54. The van der Waals surface area contributed by atoms with E-state index in [1.54, 1.807) is 6.20 Å². The first-order chi connectivity index (χ1) is 9.31. The molecule has 5 nitrogen and oxygen atoms in total. The minimum absolute atomic E-state index is 0.141. The average molecular weight is 332 g/mol. The smallest absolute Gasteiger partial charge is 0.272 e. The zero-order valence-corrected chi connectivity index (χ0v) is 13.0. The summed E-state index contributed by atoms with van der Waals surface area (Å²) in [7, 11) is 0. The normalized spacial score (nSPS) is 11.4. The molecule has 0 aliphatic rings. The van der Waals surface area contributed by atoms with Gasteiger partial charge in [-0.25, -0.2) is 4.98 Å². The Morgan fingerprint density at radius 2 is 1.95 bits per heavy atom. The number of nitro benzene ring substituents is 1. The topological polar surface area (TPSA) is 68.1 Å². The third-order valence-corrected chi connectivity index (χ3v) is 4.34. The van der Waals surface area contributed by atoms with Crippen molar-refractivity contribution in [3.63, 3.8) is 0 Å². The highest BCUT2D eigenvalue weighted by molar-refractivity contribution is 7.09. The Morgan fingerprint density at radius 3 is 2.40 bits per heavy atom. The Labute approximate surface area is 129 Å². The zero-order valence-electron chi connectivity index (χ0n) is 10.7. The first kappa shape index (κ1) is 15.0. The van der Waals surface area contributed by atoms with Crippen LogP contribution in [0.5, 0.6) is 0 Å². The Balaban J connectivity index is 2.37. The molecular formula is C12H11Cl2N3O2S. The van der Waals surface area contributed by atoms with Gasteiger partial charge in [-0.3, -0.25) is 10.1 Å². The fraction of sp³-hybridized carbons (Fsp3) is 0.250. The third-order valence-electron chi connectivity index (χ3n) is 2.64. The minimum Gasteiger partial charge on any atom is -0.371 e. The molecule has 0 atom stereocenters. The number of thiazole rings is 1. The number of non-ortho nitro benzene ring substituents is 1. The summed E-state index contributed by atoms with van der Waals surface area (Å²) in [4.78, 5) is 14.5. The lowest BCUT2D eigenvalue weighted by Gasteiger charge is -2.26. The fourth-order valence-corrected chi connectivity index (χ4v) is 2.97. The van der Waals surface area contributed by atoms with Crippen molar-refractivity contribution in [1.82, 2.24) is 4.98 Å². The van der Waals surface area contributed by atoms with Crippen molar-refractivity contribution in [2.45, 2.75) is 19.4 Å². The number of anilines is 1. The second-order valence-corrected chi connectivity index (χ2v) is 6.34.